The van der Waals surface area contributed by atoms with Crippen LogP contribution in [0, 0.1) is 11.3 Å². The highest BCUT2D eigenvalue weighted by molar-refractivity contribution is 6.30. The van der Waals surface area contributed by atoms with Gasteiger partial charge in [-0.15, -0.1) is 0 Å². The summed E-state index contributed by atoms with van der Waals surface area (Å²) in [7, 11) is 0. The summed E-state index contributed by atoms with van der Waals surface area (Å²) in [5, 5.41) is 9.59. The van der Waals surface area contributed by atoms with Crippen molar-refractivity contribution in [3.8, 4) is 6.07 Å². The lowest BCUT2D eigenvalue weighted by Gasteiger charge is -2.45. The van der Waals surface area contributed by atoms with Gasteiger partial charge in [-0.05, 0) is 42.8 Å². The smallest absolute Gasteiger partial charge is 0.241 e. The Morgan fingerprint density at radius 3 is 2.66 bits per heavy atom. The minimum absolute atomic E-state index is 0.0472. The van der Waals surface area contributed by atoms with Gasteiger partial charge in [0.25, 0.3) is 0 Å². The Morgan fingerprint density at radius 2 is 2.00 bits per heavy atom. The predicted molar refractivity (Wildman–Crippen MR) is 134 cm³/mol. The van der Waals surface area contributed by atoms with E-state index in [0.29, 0.717) is 36.8 Å². The average molecular weight is 491 g/mol. The van der Waals surface area contributed by atoms with Gasteiger partial charge in [-0.25, -0.2) is 4.98 Å². The van der Waals surface area contributed by atoms with E-state index in [1.54, 1.807) is 53.5 Å². The van der Waals surface area contributed by atoms with Gasteiger partial charge in [-0.3, -0.25) is 14.5 Å². The Kier molecular flexibility index (Phi) is 7.49. The Hall–Kier alpha value is -3.67. The van der Waals surface area contributed by atoms with Crippen LogP contribution in [0.2, 0.25) is 5.02 Å². The number of nitrogens with zero attached hydrogens (tertiary/aromatic N) is 6. The minimum Gasteiger partial charge on any atom is -0.329 e. The van der Waals surface area contributed by atoms with Gasteiger partial charge in [0, 0.05) is 43.5 Å². The number of anilines is 1. The highest BCUT2D eigenvalue weighted by Crippen LogP contribution is 2.26. The maximum absolute atomic E-state index is 13.2. The Balaban J connectivity index is 1.58. The summed E-state index contributed by atoms with van der Waals surface area (Å²) in [4.78, 5) is 35.5. The summed E-state index contributed by atoms with van der Waals surface area (Å²) in [6, 6.07) is 16.8. The number of rotatable bonds is 7. The van der Waals surface area contributed by atoms with Crippen LogP contribution in [0.25, 0.3) is 0 Å². The zero-order valence-corrected chi connectivity index (χ0v) is 20.5. The molecule has 2 heterocycles. The van der Waals surface area contributed by atoms with Gasteiger partial charge in [0.2, 0.25) is 11.8 Å². The van der Waals surface area contributed by atoms with Gasteiger partial charge in [0.05, 0.1) is 36.7 Å². The number of hydrogen-bond donors (Lipinski definition) is 0. The van der Waals surface area contributed by atoms with Crippen molar-refractivity contribution in [3.05, 3.63) is 82.9 Å². The number of carbonyl (C=O) groups excluding carboxylic acids is 2. The van der Waals surface area contributed by atoms with Crippen LogP contribution < -0.4 is 4.90 Å². The zero-order valence-electron chi connectivity index (χ0n) is 19.8. The summed E-state index contributed by atoms with van der Waals surface area (Å²) < 4.78 is 2.02. The van der Waals surface area contributed by atoms with E-state index in [-0.39, 0.29) is 24.5 Å². The fourth-order valence-electron chi connectivity index (χ4n) is 4.45. The van der Waals surface area contributed by atoms with Crippen molar-refractivity contribution >= 4 is 29.1 Å². The first-order valence-corrected chi connectivity index (χ1v) is 11.8. The zero-order chi connectivity index (χ0) is 24.9. The van der Waals surface area contributed by atoms with E-state index in [1.165, 1.54) is 0 Å². The molecule has 4 rings (SSSR count). The number of piperazine rings is 1. The van der Waals surface area contributed by atoms with Crippen LogP contribution in [0.3, 0.4) is 0 Å². The highest BCUT2D eigenvalue weighted by Gasteiger charge is 2.37. The van der Waals surface area contributed by atoms with Crippen LogP contribution in [0.1, 0.15) is 30.7 Å². The fourth-order valence-corrected chi connectivity index (χ4v) is 4.63. The number of aromatic nitrogens is 2. The van der Waals surface area contributed by atoms with Gasteiger partial charge in [0.15, 0.2) is 0 Å². The molecule has 180 valence electrons. The molecule has 1 fully saturated rings. The van der Waals surface area contributed by atoms with E-state index < -0.39 is 0 Å². The molecule has 0 radical (unpaired) electrons. The Labute approximate surface area is 209 Å². The normalized spacial score (nSPS) is 16.2. The molecule has 3 aromatic rings. The molecule has 1 aliphatic heterocycles. The molecule has 0 bridgehead atoms. The maximum atomic E-state index is 13.2. The Bertz CT molecular complexity index is 1250. The van der Waals surface area contributed by atoms with E-state index in [2.05, 4.69) is 11.1 Å². The Morgan fingerprint density at radius 1 is 1.23 bits per heavy atom. The van der Waals surface area contributed by atoms with Crippen molar-refractivity contribution < 1.29 is 9.59 Å². The van der Waals surface area contributed by atoms with Crippen molar-refractivity contribution in [2.24, 2.45) is 0 Å². The third-order valence-corrected chi connectivity index (χ3v) is 6.47. The van der Waals surface area contributed by atoms with E-state index >= 15 is 0 Å². The lowest BCUT2D eigenvalue weighted by Crippen LogP contribution is -2.63. The standard InChI is InChI=1S/C26H27ClN6O2/c1-3-32(19(2)34)25-16-33(23-6-4-5-22(27)11-23)26(35)17-30(25)15-24-13-29-18-31(24)14-21-9-7-20(12-28)8-10-21/h4-11,13,18,25H,3,14-17H2,1-2H3. The summed E-state index contributed by atoms with van der Waals surface area (Å²) in [6.07, 6.45) is 3.25. The van der Waals surface area contributed by atoms with E-state index in [4.69, 9.17) is 16.9 Å². The molecule has 9 heteroatoms. The summed E-state index contributed by atoms with van der Waals surface area (Å²) in [6.45, 7) is 5.57. The predicted octanol–water partition coefficient (Wildman–Crippen LogP) is 3.50. The number of likely N-dealkylation sites (N-methyl/N-ethyl adjacent to an activating group) is 1. The quantitative estimate of drug-likeness (QED) is 0.506. The van der Waals surface area contributed by atoms with Crippen molar-refractivity contribution in [3.63, 3.8) is 0 Å². The number of halogens is 1. The first-order chi connectivity index (χ1) is 16.9. The molecule has 0 saturated carbocycles. The third kappa shape index (κ3) is 5.53. The second kappa shape index (κ2) is 10.7. The molecular weight excluding hydrogens is 464 g/mol. The summed E-state index contributed by atoms with van der Waals surface area (Å²) in [5.41, 5.74) is 3.31. The van der Waals surface area contributed by atoms with Crippen molar-refractivity contribution in [1.29, 1.82) is 5.26 Å². The van der Waals surface area contributed by atoms with Gasteiger partial charge < -0.3 is 14.4 Å². The number of nitriles is 1. The van der Waals surface area contributed by atoms with Crippen LogP contribution in [-0.4, -0.2) is 57.0 Å². The van der Waals surface area contributed by atoms with E-state index in [9.17, 15) is 9.59 Å². The van der Waals surface area contributed by atoms with Crippen molar-refractivity contribution in [2.75, 3.05) is 24.5 Å². The lowest BCUT2D eigenvalue weighted by atomic mass is 10.1. The molecule has 0 spiro atoms. The number of carbonyl (C=O) groups is 2. The summed E-state index contributed by atoms with van der Waals surface area (Å²) >= 11 is 6.17. The van der Waals surface area contributed by atoms with Crippen LogP contribution >= 0.6 is 11.6 Å². The van der Waals surface area contributed by atoms with Crippen molar-refractivity contribution in [2.45, 2.75) is 33.1 Å². The summed E-state index contributed by atoms with van der Waals surface area (Å²) in [5.74, 6) is -0.102. The molecule has 1 saturated heterocycles. The monoisotopic (exact) mass is 490 g/mol. The topological polar surface area (TPSA) is 85.5 Å². The van der Waals surface area contributed by atoms with Gasteiger partial charge in [-0.2, -0.15) is 5.26 Å². The molecule has 2 aromatic carbocycles. The van der Waals surface area contributed by atoms with Gasteiger partial charge in [0.1, 0.15) is 6.17 Å². The second-order valence-corrected chi connectivity index (χ2v) is 8.93. The second-order valence-electron chi connectivity index (χ2n) is 8.50. The number of imidazole rings is 1. The fraction of sp³-hybridized carbons (Fsp3) is 0.308. The third-order valence-electron chi connectivity index (χ3n) is 6.23. The number of hydrogen-bond acceptors (Lipinski definition) is 5. The van der Waals surface area contributed by atoms with Crippen LogP contribution in [0.15, 0.2) is 61.1 Å². The molecule has 1 aromatic heterocycles. The molecule has 35 heavy (non-hydrogen) atoms. The van der Waals surface area contributed by atoms with Gasteiger partial charge in [-0.1, -0.05) is 29.8 Å². The highest BCUT2D eigenvalue weighted by atomic mass is 35.5. The number of benzene rings is 2. The average Bonchev–Trinajstić information content (AvgIpc) is 3.27. The van der Waals surface area contributed by atoms with Gasteiger partial charge >= 0.3 is 0 Å². The molecule has 1 unspecified atom stereocenters. The first-order valence-electron chi connectivity index (χ1n) is 11.4. The first kappa shape index (κ1) is 24.5. The van der Waals surface area contributed by atoms with Crippen LogP contribution in [0.4, 0.5) is 5.69 Å². The minimum atomic E-state index is -0.299. The maximum Gasteiger partial charge on any atom is 0.241 e. The molecule has 1 atom stereocenters. The SMILES string of the molecule is CCN(C(C)=O)C1CN(c2cccc(Cl)c2)C(=O)CN1Cc1cncn1Cc1ccc(C#N)cc1. The molecule has 2 amide bonds. The largest absolute Gasteiger partial charge is 0.329 e. The van der Waals surface area contributed by atoms with Crippen LogP contribution in [0.5, 0.6) is 0 Å². The van der Waals surface area contributed by atoms with Crippen molar-refractivity contribution in [1.82, 2.24) is 19.4 Å². The number of amides is 2. The molecule has 8 nitrogen and oxygen atoms in total. The van der Waals surface area contributed by atoms with Crippen LogP contribution in [-0.2, 0) is 22.7 Å². The van der Waals surface area contributed by atoms with E-state index in [0.717, 1.165) is 16.9 Å². The van der Waals surface area contributed by atoms with E-state index in [1.807, 2.05) is 40.7 Å². The molecular formula is C26H27ClN6O2. The molecule has 0 aliphatic carbocycles. The lowest BCUT2D eigenvalue weighted by molar-refractivity contribution is -0.140. The molecule has 0 N–H and O–H groups in total. The molecule has 1 aliphatic rings.